The van der Waals surface area contributed by atoms with Crippen LogP contribution in [0.5, 0.6) is 5.75 Å². The Bertz CT molecular complexity index is 1540. The number of nitrogens with zero attached hydrogens (tertiary/aromatic N) is 2. The number of thiazole rings is 1. The van der Waals surface area contributed by atoms with Crippen molar-refractivity contribution in [3.05, 3.63) is 117 Å². The van der Waals surface area contributed by atoms with Crippen LogP contribution in [0.25, 0.3) is 0 Å². The van der Waals surface area contributed by atoms with Gasteiger partial charge in [0, 0.05) is 47.9 Å². The number of ether oxygens (including phenoxy) is 1. The fourth-order valence-corrected chi connectivity index (χ4v) is 5.46. The topological polar surface area (TPSA) is 121 Å². The maximum absolute atomic E-state index is 13.5. The van der Waals surface area contributed by atoms with Crippen molar-refractivity contribution in [1.29, 1.82) is 0 Å². The van der Waals surface area contributed by atoms with E-state index in [0.29, 0.717) is 25.8 Å². The van der Waals surface area contributed by atoms with Gasteiger partial charge in [-0.1, -0.05) is 42.5 Å². The highest BCUT2D eigenvalue weighted by atomic mass is 32.1. The smallest absolute Gasteiger partial charge is 0.254 e. The van der Waals surface area contributed by atoms with E-state index in [9.17, 15) is 19.5 Å². The van der Waals surface area contributed by atoms with Gasteiger partial charge in [0.1, 0.15) is 17.0 Å². The third-order valence-electron chi connectivity index (χ3n) is 6.88. The summed E-state index contributed by atoms with van der Waals surface area (Å²) in [5.74, 6) is -0.0918. The van der Waals surface area contributed by atoms with Crippen molar-refractivity contribution in [2.45, 2.75) is 38.6 Å². The van der Waals surface area contributed by atoms with Crippen molar-refractivity contribution in [1.82, 2.24) is 20.5 Å². The molecule has 3 aromatic carbocycles. The van der Waals surface area contributed by atoms with Gasteiger partial charge in [-0.15, -0.1) is 11.3 Å². The highest BCUT2D eigenvalue weighted by Gasteiger charge is 2.24. The number of methoxy groups -OCH3 is 1. The summed E-state index contributed by atoms with van der Waals surface area (Å²) in [4.78, 5) is 44.4. The number of aliphatic hydroxyl groups is 1. The molecule has 9 nitrogen and oxygen atoms in total. The first-order chi connectivity index (χ1) is 20.7. The number of carbonyl (C=O) groups is 3. The highest BCUT2D eigenvalue weighted by molar-refractivity contribution is 7.09. The van der Waals surface area contributed by atoms with Crippen LogP contribution in [0.1, 0.15) is 52.9 Å². The molecule has 1 heterocycles. The zero-order valence-corrected chi connectivity index (χ0v) is 25.3. The number of aromatic nitrogens is 1. The molecule has 2 amide bonds. The first kappa shape index (κ1) is 31.6. The molecule has 0 unspecified atom stereocenters. The molecule has 0 fully saturated rings. The van der Waals surface area contributed by atoms with Crippen molar-refractivity contribution in [2.75, 3.05) is 20.7 Å². The Labute approximate surface area is 255 Å². The Morgan fingerprint density at radius 1 is 1.05 bits per heavy atom. The predicted octanol–water partition coefficient (Wildman–Crippen LogP) is 4.04. The van der Waals surface area contributed by atoms with E-state index in [1.165, 1.54) is 34.4 Å². The average Bonchev–Trinajstić information content (AvgIpc) is 3.44. The van der Waals surface area contributed by atoms with Gasteiger partial charge < -0.3 is 25.4 Å². The zero-order chi connectivity index (χ0) is 30.8. The summed E-state index contributed by atoms with van der Waals surface area (Å²) in [5, 5.41) is 20.1. The van der Waals surface area contributed by atoms with Crippen molar-refractivity contribution in [2.24, 2.45) is 0 Å². The fraction of sp³-hybridized carbons (Fsp3) is 0.273. The Kier molecular flexibility index (Phi) is 11.2. The van der Waals surface area contributed by atoms with E-state index < -0.39 is 18.1 Å². The predicted molar refractivity (Wildman–Crippen MR) is 167 cm³/mol. The Hall–Kier alpha value is -4.38. The molecule has 2 atom stereocenters. The number of amides is 2. The minimum absolute atomic E-state index is 0.154. The number of aryl methyl sites for hydroxylation is 1. The Morgan fingerprint density at radius 2 is 1.79 bits per heavy atom. The molecule has 1 aromatic heterocycles. The van der Waals surface area contributed by atoms with Crippen LogP contribution in [0.4, 0.5) is 0 Å². The normalized spacial score (nSPS) is 12.3. The minimum atomic E-state index is -0.932. The van der Waals surface area contributed by atoms with Gasteiger partial charge in [-0.3, -0.25) is 14.4 Å². The summed E-state index contributed by atoms with van der Waals surface area (Å²) in [6.45, 7) is 2.91. The molecule has 0 saturated heterocycles. The lowest BCUT2D eigenvalue weighted by Gasteiger charge is -2.25. The van der Waals surface area contributed by atoms with Crippen LogP contribution in [0.3, 0.4) is 0 Å². The van der Waals surface area contributed by atoms with Gasteiger partial charge in [0.2, 0.25) is 0 Å². The number of hydrogen-bond donors (Lipinski definition) is 3. The highest BCUT2D eigenvalue weighted by Crippen LogP contribution is 2.17. The SMILES string of the molecule is COc1cccc(CNC[C@@H](O)[C@H](Cc2ccccc2)NC(=O)c2cc(C=O)cc(C(=O)N(C)Cc3nc(C)cs3)c2)c1. The summed E-state index contributed by atoms with van der Waals surface area (Å²) in [7, 11) is 3.26. The molecule has 0 bridgehead atoms. The monoisotopic (exact) mass is 600 g/mol. The summed E-state index contributed by atoms with van der Waals surface area (Å²) >= 11 is 1.46. The second kappa shape index (κ2) is 15.2. The number of benzene rings is 3. The average molecular weight is 601 g/mol. The number of nitrogens with one attached hydrogen (secondary N) is 2. The third-order valence-corrected chi connectivity index (χ3v) is 7.83. The van der Waals surface area contributed by atoms with Gasteiger partial charge in [-0.25, -0.2) is 4.98 Å². The molecule has 10 heteroatoms. The maximum atomic E-state index is 13.5. The molecule has 0 aliphatic rings. The van der Waals surface area contributed by atoms with E-state index in [-0.39, 0.29) is 29.1 Å². The molecule has 0 aliphatic carbocycles. The van der Waals surface area contributed by atoms with E-state index in [1.54, 1.807) is 14.2 Å². The van der Waals surface area contributed by atoms with Crippen LogP contribution in [0.2, 0.25) is 0 Å². The standard InChI is InChI=1S/C33H36N4O5S/c1-22-21-43-31(35-22)19-37(2)33(41)27-13-25(20-38)12-26(16-27)32(40)36-29(15-23-8-5-4-6-9-23)30(39)18-34-17-24-10-7-11-28(14-24)42-3/h4-14,16,20-21,29-30,34,39H,15,17-19H2,1-3H3,(H,36,40)/t29-,30+/m0/s1. The first-order valence-corrected chi connectivity index (χ1v) is 14.8. The van der Waals surface area contributed by atoms with E-state index in [1.807, 2.05) is 66.9 Å². The largest absolute Gasteiger partial charge is 0.497 e. The quantitative estimate of drug-likeness (QED) is 0.187. The minimum Gasteiger partial charge on any atom is -0.497 e. The van der Waals surface area contributed by atoms with Gasteiger partial charge in [0.05, 0.1) is 25.8 Å². The van der Waals surface area contributed by atoms with Crippen LogP contribution in [0.15, 0.2) is 78.2 Å². The van der Waals surface area contributed by atoms with Gasteiger partial charge >= 0.3 is 0 Å². The third kappa shape index (κ3) is 9.05. The lowest BCUT2D eigenvalue weighted by atomic mass is 9.99. The first-order valence-electron chi connectivity index (χ1n) is 13.9. The molecule has 224 valence electrons. The summed E-state index contributed by atoms with van der Waals surface area (Å²) in [6, 6.07) is 20.9. The number of carbonyl (C=O) groups excluding carboxylic acids is 3. The molecule has 4 aromatic rings. The molecule has 0 radical (unpaired) electrons. The van der Waals surface area contributed by atoms with E-state index >= 15 is 0 Å². The van der Waals surface area contributed by atoms with E-state index in [0.717, 1.165) is 27.6 Å². The number of aliphatic hydroxyl groups excluding tert-OH is 1. The molecule has 4 rings (SSSR count). The summed E-state index contributed by atoms with van der Waals surface area (Å²) in [6.07, 6.45) is 0.0540. The van der Waals surface area contributed by atoms with Crippen LogP contribution in [-0.4, -0.2) is 65.9 Å². The molecule has 0 saturated carbocycles. The van der Waals surface area contributed by atoms with Crippen LogP contribution < -0.4 is 15.4 Å². The summed E-state index contributed by atoms with van der Waals surface area (Å²) in [5.41, 5.74) is 3.39. The second-order valence-corrected chi connectivity index (χ2v) is 11.3. The van der Waals surface area contributed by atoms with Gasteiger partial charge in [0.15, 0.2) is 0 Å². The van der Waals surface area contributed by atoms with Crippen LogP contribution in [-0.2, 0) is 19.5 Å². The fourth-order valence-electron chi connectivity index (χ4n) is 4.64. The Balaban J connectivity index is 1.49. The van der Waals surface area contributed by atoms with Gasteiger partial charge in [0.25, 0.3) is 11.8 Å². The van der Waals surface area contributed by atoms with E-state index in [2.05, 4.69) is 15.6 Å². The second-order valence-electron chi connectivity index (χ2n) is 10.3. The molecular formula is C33H36N4O5S. The maximum Gasteiger partial charge on any atom is 0.254 e. The molecule has 0 aliphatic heterocycles. The number of hydrogen-bond acceptors (Lipinski definition) is 8. The number of aldehydes is 1. The van der Waals surface area contributed by atoms with Crippen molar-refractivity contribution < 1.29 is 24.2 Å². The molecular weight excluding hydrogens is 564 g/mol. The van der Waals surface area contributed by atoms with Crippen LogP contribution in [0, 0.1) is 6.92 Å². The Morgan fingerprint density at radius 3 is 2.49 bits per heavy atom. The zero-order valence-electron chi connectivity index (χ0n) is 24.4. The molecule has 0 spiro atoms. The van der Waals surface area contributed by atoms with Gasteiger partial charge in [-0.05, 0) is 54.8 Å². The van der Waals surface area contributed by atoms with Crippen LogP contribution >= 0.6 is 11.3 Å². The van der Waals surface area contributed by atoms with Crippen molar-refractivity contribution in [3.63, 3.8) is 0 Å². The van der Waals surface area contributed by atoms with Gasteiger partial charge in [-0.2, -0.15) is 0 Å². The lowest BCUT2D eigenvalue weighted by Crippen LogP contribution is -2.48. The van der Waals surface area contributed by atoms with Crippen molar-refractivity contribution >= 4 is 29.4 Å². The molecule has 3 N–H and O–H groups in total. The van der Waals surface area contributed by atoms with E-state index in [4.69, 9.17) is 4.74 Å². The summed E-state index contributed by atoms with van der Waals surface area (Å²) < 4.78 is 5.28. The van der Waals surface area contributed by atoms with Crippen molar-refractivity contribution in [3.8, 4) is 5.75 Å². The number of rotatable bonds is 14. The lowest BCUT2D eigenvalue weighted by molar-refractivity contribution is 0.0784. The molecule has 43 heavy (non-hydrogen) atoms.